The Hall–Kier alpha value is -3.26. The Morgan fingerprint density at radius 1 is 1.16 bits per heavy atom. The van der Waals surface area contributed by atoms with Crippen LogP contribution in [0.25, 0.3) is 10.9 Å². The number of para-hydroxylation sites is 1. The van der Waals surface area contributed by atoms with E-state index >= 15 is 0 Å². The van der Waals surface area contributed by atoms with E-state index in [0.717, 1.165) is 40.9 Å². The molecule has 8 nitrogen and oxygen atoms in total. The van der Waals surface area contributed by atoms with E-state index in [-0.39, 0.29) is 5.56 Å². The molecule has 0 aliphatic heterocycles. The molecule has 0 spiro atoms. The van der Waals surface area contributed by atoms with Crippen LogP contribution in [-0.2, 0) is 19.6 Å². The van der Waals surface area contributed by atoms with E-state index in [2.05, 4.69) is 25.4 Å². The fraction of sp³-hybridized carbons (Fsp3) is 0.391. The zero-order chi connectivity index (χ0) is 21.2. The highest BCUT2D eigenvalue weighted by atomic mass is 16.3. The number of aryl methyl sites for hydroxylation is 1. The van der Waals surface area contributed by atoms with Crippen LogP contribution in [0.15, 0.2) is 51.9 Å². The molecule has 1 N–H and O–H groups in total. The zero-order valence-electron chi connectivity index (χ0n) is 17.6. The first-order valence-corrected chi connectivity index (χ1v) is 10.8. The maximum atomic E-state index is 12.9. The van der Waals surface area contributed by atoms with Gasteiger partial charge in [0.15, 0.2) is 5.82 Å². The van der Waals surface area contributed by atoms with Crippen LogP contribution in [0, 0.1) is 6.92 Å². The van der Waals surface area contributed by atoms with Crippen molar-refractivity contribution in [3.8, 4) is 0 Å². The molecular weight excluding hydrogens is 392 g/mol. The fourth-order valence-electron chi connectivity index (χ4n) is 4.53. The number of aromatic amines is 1. The summed E-state index contributed by atoms with van der Waals surface area (Å²) in [4.78, 5) is 18.1. The average Bonchev–Trinajstić information content (AvgIpc) is 3.52. The van der Waals surface area contributed by atoms with Gasteiger partial charge in [-0.05, 0) is 59.3 Å². The van der Waals surface area contributed by atoms with Gasteiger partial charge in [-0.3, -0.25) is 9.69 Å². The van der Waals surface area contributed by atoms with E-state index in [1.807, 2.05) is 48.0 Å². The number of tetrazole rings is 1. The highest BCUT2D eigenvalue weighted by molar-refractivity contribution is 5.81. The van der Waals surface area contributed by atoms with Crippen molar-refractivity contribution in [2.24, 2.45) is 0 Å². The molecule has 0 unspecified atom stereocenters. The molecule has 8 heteroatoms. The molecule has 1 aromatic carbocycles. The van der Waals surface area contributed by atoms with E-state index in [1.54, 1.807) is 6.26 Å². The minimum absolute atomic E-state index is 0.0679. The number of pyridine rings is 1. The lowest BCUT2D eigenvalue weighted by atomic mass is 10.1. The number of hydrogen-bond donors (Lipinski definition) is 1. The van der Waals surface area contributed by atoms with Crippen molar-refractivity contribution >= 4 is 10.9 Å². The quantitative estimate of drug-likeness (QED) is 0.492. The molecule has 1 fully saturated rings. The van der Waals surface area contributed by atoms with Crippen LogP contribution in [0.1, 0.15) is 54.4 Å². The number of furan rings is 1. The van der Waals surface area contributed by atoms with Crippen LogP contribution in [0.5, 0.6) is 0 Å². The molecular formula is C23H26N6O2. The maximum Gasteiger partial charge on any atom is 0.252 e. The number of fused-ring (bicyclic) bond motifs is 1. The van der Waals surface area contributed by atoms with Gasteiger partial charge in [0, 0.05) is 12.1 Å². The summed E-state index contributed by atoms with van der Waals surface area (Å²) < 4.78 is 7.55. The van der Waals surface area contributed by atoms with Gasteiger partial charge in [-0.2, -0.15) is 0 Å². The molecule has 0 atom stereocenters. The third-order valence-corrected chi connectivity index (χ3v) is 6.11. The third kappa shape index (κ3) is 4.16. The summed E-state index contributed by atoms with van der Waals surface area (Å²) in [6.45, 7) is 3.58. The van der Waals surface area contributed by atoms with Gasteiger partial charge in [0.05, 0.1) is 30.9 Å². The average molecular weight is 419 g/mol. The number of aromatic nitrogens is 5. The van der Waals surface area contributed by atoms with Crippen molar-refractivity contribution in [3.05, 3.63) is 75.7 Å². The lowest BCUT2D eigenvalue weighted by molar-refractivity contribution is 0.213. The predicted octanol–water partition coefficient (Wildman–Crippen LogP) is 3.73. The molecule has 5 rings (SSSR count). The van der Waals surface area contributed by atoms with Crippen LogP contribution < -0.4 is 5.56 Å². The van der Waals surface area contributed by atoms with Crippen LogP contribution in [0.4, 0.5) is 0 Å². The monoisotopic (exact) mass is 418 g/mol. The molecule has 31 heavy (non-hydrogen) atoms. The van der Waals surface area contributed by atoms with E-state index in [0.29, 0.717) is 31.2 Å². The van der Waals surface area contributed by atoms with Gasteiger partial charge in [-0.25, -0.2) is 4.68 Å². The number of hydrogen-bond acceptors (Lipinski definition) is 6. The molecule has 1 saturated carbocycles. The Kier molecular flexibility index (Phi) is 5.38. The van der Waals surface area contributed by atoms with Crippen molar-refractivity contribution in [3.63, 3.8) is 0 Å². The van der Waals surface area contributed by atoms with Crippen molar-refractivity contribution in [1.82, 2.24) is 30.1 Å². The minimum Gasteiger partial charge on any atom is -0.468 e. The summed E-state index contributed by atoms with van der Waals surface area (Å²) in [7, 11) is 0. The first-order chi connectivity index (χ1) is 15.2. The Labute approximate surface area is 179 Å². The lowest BCUT2D eigenvalue weighted by Crippen LogP contribution is -2.28. The first kappa shape index (κ1) is 19.7. The van der Waals surface area contributed by atoms with Crippen molar-refractivity contribution < 1.29 is 4.42 Å². The molecule has 3 heterocycles. The second-order valence-corrected chi connectivity index (χ2v) is 8.37. The number of nitrogens with one attached hydrogen (secondary N) is 1. The summed E-state index contributed by atoms with van der Waals surface area (Å²) in [5, 5.41) is 13.5. The summed E-state index contributed by atoms with van der Waals surface area (Å²) in [6.07, 6.45) is 6.32. The smallest absolute Gasteiger partial charge is 0.252 e. The largest absolute Gasteiger partial charge is 0.468 e. The second-order valence-electron chi connectivity index (χ2n) is 8.37. The molecule has 0 amide bonds. The number of benzene rings is 1. The Morgan fingerprint density at radius 3 is 2.84 bits per heavy atom. The van der Waals surface area contributed by atoms with Gasteiger partial charge in [0.2, 0.25) is 0 Å². The molecule has 0 radical (unpaired) electrons. The lowest BCUT2D eigenvalue weighted by Gasteiger charge is -2.22. The van der Waals surface area contributed by atoms with Gasteiger partial charge in [0.25, 0.3) is 5.56 Å². The second kappa shape index (κ2) is 8.47. The van der Waals surface area contributed by atoms with Crippen molar-refractivity contribution in [1.29, 1.82) is 0 Å². The van der Waals surface area contributed by atoms with Crippen molar-refractivity contribution in [2.75, 3.05) is 0 Å². The highest BCUT2D eigenvalue weighted by Crippen LogP contribution is 2.29. The van der Waals surface area contributed by atoms with Gasteiger partial charge < -0.3 is 9.40 Å². The summed E-state index contributed by atoms with van der Waals surface area (Å²) in [5.74, 6) is 1.67. The van der Waals surface area contributed by atoms with Crippen LogP contribution >= 0.6 is 0 Å². The van der Waals surface area contributed by atoms with Gasteiger partial charge in [-0.1, -0.05) is 31.0 Å². The van der Waals surface area contributed by atoms with E-state index in [1.165, 1.54) is 12.8 Å². The SMILES string of the molecule is Cc1cccc2cc(CN(Cc3ccco3)Cc3nnnn3C3CCCC3)c(=O)[nH]c12. The number of rotatable bonds is 7. The molecule has 3 aromatic heterocycles. The summed E-state index contributed by atoms with van der Waals surface area (Å²) in [5.41, 5.74) is 2.59. The molecule has 160 valence electrons. The molecule has 0 saturated heterocycles. The standard InChI is InChI=1S/C23H26N6O2/c1-16-6-4-7-17-12-18(23(30)24-22(16)17)13-28(14-20-10-5-11-31-20)15-21-25-26-27-29(21)19-8-2-3-9-19/h4-7,10-12,19H,2-3,8-9,13-15H2,1H3,(H,24,30). The van der Waals surface area contributed by atoms with Crippen LogP contribution in [-0.4, -0.2) is 30.1 Å². The maximum absolute atomic E-state index is 12.9. The topological polar surface area (TPSA) is 92.8 Å². The van der Waals surface area contributed by atoms with Gasteiger partial charge >= 0.3 is 0 Å². The van der Waals surface area contributed by atoms with Gasteiger partial charge in [0.1, 0.15) is 5.76 Å². The molecule has 4 aromatic rings. The number of nitrogens with zero attached hydrogens (tertiary/aromatic N) is 5. The zero-order valence-corrected chi connectivity index (χ0v) is 17.6. The normalized spacial score (nSPS) is 14.8. The minimum atomic E-state index is -0.0679. The summed E-state index contributed by atoms with van der Waals surface area (Å²) in [6, 6.07) is 12.2. The fourth-order valence-corrected chi connectivity index (χ4v) is 4.53. The summed E-state index contributed by atoms with van der Waals surface area (Å²) >= 11 is 0. The Balaban J connectivity index is 1.45. The first-order valence-electron chi connectivity index (χ1n) is 10.8. The van der Waals surface area contributed by atoms with Crippen molar-refractivity contribution in [2.45, 2.75) is 58.3 Å². The number of H-pyrrole nitrogens is 1. The van der Waals surface area contributed by atoms with Crippen LogP contribution in [0.3, 0.4) is 0 Å². The molecule has 0 bridgehead atoms. The Bertz CT molecular complexity index is 1220. The highest BCUT2D eigenvalue weighted by Gasteiger charge is 2.23. The van der Waals surface area contributed by atoms with Gasteiger partial charge in [-0.15, -0.1) is 5.10 Å². The van der Waals surface area contributed by atoms with E-state index < -0.39 is 0 Å². The molecule has 1 aliphatic rings. The van der Waals surface area contributed by atoms with E-state index in [9.17, 15) is 4.79 Å². The Morgan fingerprint density at radius 2 is 2.03 bits per heavy atom. The van der Waals surface area contributed by atoms with E-state index in [4.69, 9.17) is 4.42 Å². The predicted molar refractivity (Wildman–Crippen MR) is 116 cm³/mol. The third-order valence-electron chi connectivity index (χ3n) is 6.11. The van der Waals surface area contributed by atoms with Crippen LogP contribution in [0.2, 0.25) is 0 Å². The molecule has 1 aliphatic carbocycles.